The number of halogens is 4. The first-order chi connectivity index (χ1) is 19.5. The van der Waals surface area contributed by atoms with Crippen molar-refractivity contribution >= 4 is 56.5 Å². The third-order valence-electron chi connectivity index (χ3n) is 7.08. The predicted molar refractivity (Wildman–Crippen MR) is 154 cm³/mol. The first-order valence-corrected chi connectivity index (χ1v) is 14.9. The smallest absolute Gasteiger partial charge is 0.416 e. The van der Waals surface area contributed by atoms with Crippen LogP contribution in [0.1, 0.15) is 33.0 Å². The Labute approximate surface area is 248 Å². The number of carbonyl (C=O) groups excluding carboxylic acids is 2. The predicted octanol–water partition coefficient (Wildman–Crippen LogP) is 6.90. The fourth-order valence-corrected chi connectivity index (χ4v) is 8.05. The molecule has 2 unspecified atom stereocenters. The number of aromatic amines is 1. The number of aryl methyl sites for hydroxylation is 1. The van der Waals surface area contributed by atoms with Crippen LogP contribution in [0.25, 0.3) is 0 Å². The average molecular weight is 662 g/mol. The van der Waals surface area contributed by atoms with E-state index in [0.29, 0.717) is 25.7 Å². The summed E-state index contributed by atoms with van der Waals surface area (Å²) in [7, 11) is 0. The number of H-pyrrole nitrogens is 1. The molecule has 0 saturated carbocycles. The number of thiazole rings is 1. The van der Waals surface area contributed by atoms with Gasteiger partial charge in [-0.25, -0.2) is 4.90 Å². The number of nitrogens with one attached hydrogen (secondary N) is 1. The first-order valence-electron chi connectivity index (χ1n) is 12.4. The topological polar surface area (TPSA) is 79.5 Å². The summed E-state index contributed by atoms with van der Waals surface area (Å²) < 4.78 is 47.3. The number of amides is 2. The van der Waals surface area contributed by atoms with E-state index >= 15 is 0 Å². The number of carbonyl (C=O) groups is 2. The Bertz CT molecular complexity index is 1740. The normalized spacial score (nSPS) is 20.2. The molecule has 2 amide bonds. The zero-order valence-electron chi connectivity index (χ0n) is 21.2. The molecule has 0 spiro atoms. The van der Waals surface area contributed by atoms with Gasteiger partial charge in [-0.2, -0.15) is 13.2 Å². The molecule has 0 radical (unpaired) electrons. The van der Waals surface area contributed by atoms with Gasteiger partial charge in [-0.15, -0.1) is 0 Å². The molecule has 1 fully saturated rings. The summed E-state index contributed by atoms with van der Waals surface area (Å²) in [6, 6.07) is 17.4. The summed E-state index contributed by atoms with van der Waals surface area (Å²) in [6.45, 7) is 2.22. The van der Waals surface area contributed by atoms with Crippen LogP contribution in [0, 0.1) is 12.8 Å². The maximum atomic E-state index is 14.0. The second-order valence-corrected chi connectivity index (χ2v) is 12.8. The standard InChI is InChI=1S/C29H20BrF3N2O4S2/c1-14-5-7-15(8-6-14)13-39-20-10-9-17(30)12-19(20)21-22-24(40-25-23(21)41-28(38)34-25)27(37)35(26(22)36)18-4-2-3-16(11-18)29(31,32)33/h2-12,21-22,24H,13H2,1H3,(H,34,38)/t21-,22?,24?/m1/s1. The number of alkyl halides is 3. The number of rotatable bonds is 5. The Balaban J connectivity index is 1.43. The molecule has 2 aliphatic heterocycles. The van der Waals surface area contributed by atoms with E-state index in [1.807, 2.05) is 31.2 Å². The summed E-state index contributed by atoms with van der Waals surface area (Å²) in [5, 5.41) is -0.494. The minimum absolute atomic E-state index is 0.148. The minimum atomic E-state index is -4.64. The second kappa shape index (κ2) is 10.5. The number of imide groups is 1. The van der Waals surface area contributed by atoms with Crippen LogP contribution in [0.2, 0.25) is 0 Å². The van der Waals surface area contributed by atoms with Crippen LogP contribution in [0.3, 0.4) is 0 Å². The number of thioether (sulfide) groups is 1. The molecule has 2 aliphatic rings. The van der Waals surface area contributed by atoms with Crippen molar-refractivity contribution in [2.75, 3.05) is 4.90 Å². The molecule has 41 heavy (non-hydrogen) atoms. The van der Waals surface area contributed by atoms with E-state index in [9.17, 15) is 27.6 Å². The molecule has 1 N–H and O–H groups in total. The Hall–Kier alpha value is -3.35. The van der Waals surface area contributed by atoms with Crippen LogP contribution in [-0.4, -0.2) is 22.0 Å². The van der Waals surface area contributed by atoms with Crippen LogP contribution < -0.4 is 14.5 Å². The summed E-state index contributed by atoms with van der Waals surface area (Å²) in [5.74, 6) is -2.53. The number of benzene rings is 3. The Morgan fingerprint density at radius 1 is 1.00 bits per heavy atom. The molecule has 6 rings (SSSR count). The van der Waals surface area contributed by atoms with Crippen molar-refractivity contribution in [3.05, 3.63) is 108 Å². The van der Waals surface area contributed by atoms with Gasteiger partial charge in [-0.1, -0.05) is 74.9 Å². The fraction of sp³-hybridized carbons (Fsp3) is 0.207. The maximum Gasteiger partial charge on any atom is 0.416 e. The van der Waals surface area contributed by atoms with Gasteiger partial charge in [0.15, 0.2) is 0 Å². The lowest BCUT2D eigenvalue weighted by atomic mass is 9.82. The molecule has 210 valence electrons. The highest BCUT2D eigenvalue weighted by Crippen LogP contribution is 2.55. The Kier molecular flexibility index (Phi) is 7.11. The van der Waals surface area contributed by atoms with E-state index in [2.05, 4.69) is 20.9 Å². The largest absolute Gasteiger partial charge is 0.489 e. The van der Waals surface area contributed by atoms with Gasteiger partial charge in [-0.05, 0) is 48.9 Å². The second-order valence-electron chi connectivity index (χ2n) is 9.77. The van der Waals surface area contributed by atoms with Gasteiger partial charge in [0.1, 0.15) is 17.6 Å². The summed E-state index contributed by atoms with van der Waals surface area (Å²) >= 11 is 5.49. The molecule has 3 aromatic carbocycles. The van der Waals surface area contributed by atoms with E-state index in [-0.39, 0.29) is 17.2 Å². The highest BCUT2D eigenvalue weighted by atomic mass is 79.9. The van der Waals surface area contributed by atoms with Crippen molar-refractivity contribution in [2.24, 2.45) is 5.92 Å². The van der Waals surface area contributed by atoms with Crippen LogP contribution in [0.5, 0.6) is 5.75 Å². The number of hydrogen-bond acceptors (Lipinski definition) is 6. The van der Waals surface area contributed by atoms with E-state index < -0.39 is 40.6 Å². The molecular formula is C29H20BrF3N2O4S2. The van der Waals surface area contributed by atoms with Gasteiger partial charge < -0.3 is 9.72 Å². The average Bonchev–Trinajstić information content (AvgIpc) is 3.42. The lowest BCUT2D eigenvalue weighted by molar-refractivity contribution is -0.137. The number of anilines is 1. The van der Waals surface area contributed by atoms with Gasteiger partial charge in [0, 0.05) is 20.8 Å². The maximum absolute atomic E-state index is 14.0. The lowest BCUT2D eigenvalue weighted by Gasteiger charge is -2.31. The Morgan fingerprint density at radius 2 is 1.76 bits per heavy atom. The van der Waals surface area contributed by atoms with Gasteiger partial charge in [0.05, 0.1) is 22.2 Å². The van der Waals surface area contributed by atoms with E-state index in [0.717, 1.165) is 51.3 Å². The molecule has 12 heteroatoms. The SMILES string of the molecule is Cc1ccc(COc2ccc(Br)cc2[C@H]2c3sc(=O)[nH]c3SC3C(=O)N(c4cccc(C(F)(F)F)c4)C(=O)C32)cc1. The van der Waals surface area contributed by atoms with Gasteiger partial charge in [0.25, 0.3) is 0 Å². The quantitative estimate of drug-likeness (QED) is 0.236. The number of nitrogens with zero attached hydrogens (tertiary/aromatic N) is 1. The molecular weight excluding hydrogens is 641 g/mol. The summed E-state index contributed by atoms with van der Waals surface area (Å²) in [4.78, 5) is 44.0. The van der Waals surface area contributed by atoms with Crippen LogP contribution in [0.4, 0.5) is 18.9 Å². The zero-order valence-corrected chi connectivity index (χ0v) is 24.4. The third-order valence-corrected chi connectivity index (χ3v) is 9.97. The molecule has 3 heterocycles. The van der Waals surface area contributed by atoms with Crippen molar-refractivity contribution in [1.82, 2.24) is 4.98 Å². The summed E-state index contributed by atoms with van der Waals surface area (Å²) in [6.07, 6.45) is -4.64. The van der Waals surface area contributed by atoms with Gasteiger partial charge in [-0.3, -0.25) is 14.4 Å². The highest BCUT2D eigenvalue weighted by Gasteiger charge is 2.57. The van der Waals surface area contributed by atoms with Crippen LogP contribution in [0.15, 0.2) is 81.0 Å². The van der Waals surface area contributed by atoms with Crippen molar-refractivity contribution in [2.45, 2.75) is 35.9 Å². The van der Waals surface area contributed by atoms with Crippen molar-refractivity contribution in [3.8, 4) is 5.75 Å². The van der Waals surface area contributed by atoms with E-state index in [1.54, 1.807) is 18.2 Å². The van der Waals surface area contributed by atoms with E-state index in [1.165, 1.54) is 12.1 Å². The molecule has 1 aromatic heterocycles. The van der Waals surface area contributed by atoms with Crippen LogP contribution >= 0.6 is 39.0 Å². The monoisotopic (exact) mass is 660 g/mol. The number of fused-ring (bicyclic) bond motifs is 2. The minimum Gasteiger partial charge on any atom is -0.489 e. The molecule has 6 nitrogen and oxygen atoms in total. The van der Waals surface area contributed by atoms with E-state index in [4.69, 9.17) is 4.74 Å². The van der Waals surface area contributed by atoms with Crippen molar-refractivity contribution < 1.29 is 27.5 Å². The first kappa shape index (κ1) is 27.8. The highest BCUT2D eigenvalue weighted by molar-refractivity contribution is 9.10. The van der Waals surface area contributed by atoms with Crippen molar-refractivity contribution in [3.63, 3.8) is 0 Å². The Morgan fingerprint density at radius 3 is 2.49 bits per heavy atom. The molecule has 3 atom stereocenters. The molecule has 0 bridgehead atoms. The number of hydrogen-bond donors (Lipinski definition) is 1. The third kappa shape index (κ3) is 5.13. The summed E-state index contributed by atoms with van der Waals surface area (Å²) in [5.41, 5.74) is 1.51. The molecule has 1 saturated heterocycles. The lowest BCUT2D eigenvalue weighted by Crippen LogP contribution is -2.32. The molecule has 0 aliphatic carbocycles. The van der Waals surface area contributed by atoms with Gasteiger partial charge in [0.2, 0.25) is 11.8 Å². The zero-order chi connectivity index (χ0) is 29.1. The van der Waals surface area contributed by atoms with Crippen molar-refractivity contribution in [1.29, 1.82) is 0 Å². The van der Waals surface area contributed by atoms with Crippen LogP contribution in [-0.2, 0) is 22.4 Å². The van der Waals surface area contributed by atoms with Gasteiger partial charge >= 0.3 is 11.0 Å². The number of aromatic nitrogens is 1. The number of ether oxygens (including phenoxy) is 1. The molecule has 4 aromatic rings. The fourth-order valence-electron chi connectivity index (χ4n) is 5.17.